The number of benzene rings is 3. The molecule has 2 heterocycles. The van der Waals surface area contributed by atoms with E-state index in [1.54, 1.807) is 4.90 Å². The highest BCUT2D eigenvalue weighted by atomic mass is 32.1. The van der Waals surface area contributed by atoms with Crippen LogP contribution in [0.3, 0.4) is 0 Å². The summed E-state index contributed by atoms with van der Waals surface area (Å²) in [4.78, 5) is 20.2. The molecule has 1 saturated heterocycles. The summed E-state index contributed by atoms with van der Waals surface area (Å²) >= 11 is 1.52. The van der Waals surface area contributed by atoms with E-state index in [9.17, 15) is 4.79 Å². The minimum absolute atomic E-state index is 0.0345. The highest BCUT2D eigenvalue weighted by Crippen LogP contribution is 2.33. The molecule has 0 N–H and O–H groups in total. The van der Waals surface area contributed by atoms with Crippen LogP contribution in [-0.4, -0.2) is 36.8 Å². The Labute approximate surface area is 204 Å². The number of fused-ring (bicyclic) bond motifs is 1. The van der Waals surface area contributed by atoms with Crippen LogP contribution in [0.1, 0.15) is 41.3 Å². The molecular formula is C28H28N2O3S. The summed E-state index contributed by atoms with van der Waals surface area (Å²) in [5.74, 6) is 0.766. The topological polar surface area (TPSA) is 51.7 Å². The van der Waals surface area contributed by atoms with E-state index in [2.05, 4.69) is 12.1 Å². The maximum Gasteiger partial charge on any atom is 0.260 e. The molecule has 0 aliphatic carbocycles. The molecule has 1 aliphatic rings. The summed E-state index contributed by atoms with van der Waals surface area (Å²) in [5, 5.41) is 0.692. The van der Waals surface area contributed by atoms with Crippen LogP contribution in [0.4, 0.5) is 5.13 Å². The number of hydrogen-bond donors (Lipinski definition) is 0. The fraction of sp³-hybridized carbons (Fsp3) is 0.286. The molecule has 0 spiro atoms. The van der Waals surface area contributed by atoms with Crippen LogP contribution in [0.15, 0.2) is 72.8 Å². The predicted molar refractivity (Wildman–Crippen MR) is 137 cm³/mol. The van der Waals surface area contributed by atoms with Crippen molar-refractivity contribution in [1.29, 1.82) is 0 Å². The third-order valence-electron chi connectivity index (χ3n) is 6.00. The molecule has 1 amide bonds. The van der Waals surface area contributed by atoms with Gasteiger partial charge in [-0.25, -0.2) is 4.98 Å². The van der Waals surface area contributed by atoms with Gasteiger partial charge in [-0.15, -0.1) is 0 Å². The van der Waals surface area contributed by atoms with Crippen LogP contribution < -0.4 is 9.64 Å². The molecular weight excluding hydrogens is 444 g/mol. The molecule has 5 nitrogen and oxygen atoms in total. The maximum atomic E-state index is 13.7. The van der Waals surface area contributed by atoms with Gasteiger partial charge in [0.05, 0.1) is 29.5 Å². The Bertz CT molecular complexity index is 1250. The molecule has 3 aromatic carbocycles. The first-order valence-corrected chi connectivity index (χ1v) is 12.6. The van der Waals surface area contributed by atoms with Crippen molar-refractivity contribution in [3.63, 3.8) is 0 Å². The highest BCUT2D eigenvalue weighted by Gasteiger charge is 2.27. The van der Waals surface area contributed by atoms with Crippen LogP contribution in [0.2, 0.25) is 0 Å². The summed E-state index contributed by atoms with van der Waals surface area (Å²) < 4.78 is 12.5. The second kappa shape index (κ2) is 10.4. The summed E-state index contributed by atoms with van der Waals surface area (Å²) in [7, 11) is 0. The number of nitrogens with zero attached hydrogens (tertiary/aromatic N) is 2. The normalized spacial score (nSPS) is 15.5. The number of hydrogen-bond acceptors (Lipinski definition) is 5. The van der Waals surface area contributed by atoms with Gasteiger partial charge >= 0.3 is 0 Å². The van der Waals surface area contributed by atoms with Crippen LogP contribution >= 0.6 is 11.3 Å². The number of amides is 1. The molecule has 34 heavy (non-hydrogen) atoms. The van der Waals surface area contributed by atoms with Crippen LogP contribution in [0.25, 0.3) is 10.2 Å². The molecule has 1 aromatic heterocycles. The van der Waals surface area contributed by atoms with Crippen molar-refractivity contribution in [2.24, 2.45) is 0 Å². The number of thiazole rings is 1. The van der Waals surface area contributed by atoms with E-state index >= 15 is 0 Å². The Kier molecular flexibility index (Phi) is 6.88. The average Bonchev–Trinajstić information content (AvgIpc) is 3.53. The van der Waals surface area contributed by atoms with E-state index in [-0.39, 0.29) is 12.0 Å². The fourth-order valence-corrected chi connectivity index (χ4v) is 5.26. The van der Waals surface area contributed by atoms with Gasteiger partial charge in [0.25, 0.3) is 5.91 Å². The van der Waals surface area contributed by atoms with Crippen LogP contribution in [-0.2, 0) is 11.2 Å². The Balaban J connectivity index is 1.41. The Morgan fingerprint density at radius 1 is 1.09 bits per heavy atom. The van der Waals surface area contributed by atoms with Crippen molar-refractivity contribution >= 4 is 32.6 Å². The van der Waals surface area contributed by atoms with Crippen molar-refractivity contribution in [1.82, 2.24) is 4.98 Å². The van der Waals surface area contributed by atoms with Gasteiger partial charge in [0.15, 0.2) is 5.13 Å². The third kappa shape index (κ3) is 5.13. The van der Waals surface area contributed by atoms with Crippen molar-refractivity contribution in [3.05, 3.63) is 89.5 Å². The van der Waals surface area contributed by atoms with E-state index in [1.807, 2.05) is 67.6 Å². The number of carbonyl (C=O) groups is 1. The van der Waals surface area contributed by atoms with Gasteiger partial charge in [0, 0.05) is 12.2 Å². The smallest absolute Gasteiger partial charge is 0.260 e. The summed E-state index contributed by atoms with van der Waals surface area (Å²) in [6.07, 6.45) is 2.86. The Hall–Kier alpha value is -3.22. The molecule has 1 atom stereocenters. The zero-order chi connectivity index (χ0) is 23.3. The lowest BCUT2D eigenvalue weighted by Gasteiger charge is -2.23. The van der Waals surface area contributed by atoms with E-state index in [4.69, 9.17) is 14.5 Å². The Morgan fingerprint density at radius 3 is 2.62 bits per heavy atom. The molecule has 174 valence electrons. The van der Waals surface area contributed by atoms with Crippen molar-refractivity contribution in [2.75, 3.05) is 24.7 Å². The van der Waals surface area contributed by atoms with Crippen LogP contribution in [0.5, 0.6) is 5.75 Å². The standard InChI is InChI=1S/C28H28N2O3S/c1-2-32-23-14-15-25-26(18-23)34-28(29-25)30(19-24-9-6-16-33-24)27(31)22-12-10-21(11-13-22)17-20-7-4-3-5-8-20/h3-5,7-8,10-15,18,24H,2,6,9,16-17,19H2,1H3. The maximum absolute atomic E-state index is 13.7. The summed E-state index contributed by atoms with van der Waals surface area (Å²) in [5.41, 5.74) is 3.95. The van der Waals surface area contributed by atoms with Gasteiger partial charge < -0.3 is 9.47 Å². The zero-order valence-electron chi connectivity index (χ0n) is 19.3. The largest absolute Gasteiger partial charge is 0.494 e. The minimum Gasteiger partial charge on any atom is -0.494 e. The molecule has 0 saturated carbocycles. The molecule has 0 bridgehead atoms. The van der Waals surface area contributed by atoms with Gasteiger partial charge in [-0.1, -0.05) is 53.8 Å². The molecule has 0 radical (unpaired) electrons. The van der Waals surface area contributed by atoms with Crippen molar-refractivity contribution < 1.29 is 14.3 Å². The molecule has 1 aliphatic heterocycles. The minimum atomic E-state index is -0.0501. The number of anilines is 1. The van der Waals surface area contributed by atoms with Gasteiger partial charge in [-0.3, -0.25) is 9.69 Å². The van der Waals surface area contributed by atoms with Gasteiger partial charge in [0.1, 0.15) is 5.75 Å². The quantitative estimate of drug-likeness (QED) is 0.310. The predicted octanol–water partition coefficient (Wildman–Crippen LogP) is 6.11. The van der Waals surface area contributed by atoms with E-state index in [0.29, 0.717) is 23.8 Å². The molecule has 4 aromatic rings. The molecule has 1 fully saturated rings. The second-order valence-corrected chi connectivity index (χ2v) is 9.48. The van der Waals surface area contributed by atoms with Gasteiger partial charge in [0.2, 0.25) is 0 Å². The zero-order valence-corrected chi connectivity index (χ0v) is 20.1. The van der Waals surface area contributed by atoms with Crippen molar-refractivity contribution in [3.8, 4) is 5.75 Å². The average molecular weight is 473 g/mol. The fourth-order valence-electron chi connectivity index (χ4n) is 4.26. The number of rotatable bonds is 8. The second-order valence-electron chi connectivity index (χ2n) is 8.47. The third-order valence-corrected chi connectivity index (χ3v) is 7.04. The molecule has 5 rings (SSSR count). The van der Waals surface area contributed by atoms with Crippen LogP contribution in [0, 0.1) is 0 Å². The lowest BCUT2D eigenvalue weighted by atomic mass is 10.0. The summed E-state index contributed by atoms with van der Waals surface area (Å²) in [6, 6.07) is 24.1. The van der Waals surface area contributed by atoms with Gasteiger partial charge in [-0.2, -0.15) is 0 Å². The van der Waals surface area contributed by atoms with Crippen molar-refractivity contribution in [2.45, 2.75) is 32.3 Å². The summed E-state index contributed by atoms with van der Waals surface area (Å²) in [6.45, 7) is 3.83. The highest BCUT2D eigenvalue weighted by molar-refractivity contribution is 7.22. The van der Waals surface area contributed by atoms with Gasteiger partial charge in [-0.05, 0) is 67.6 Å². The monoisotopic (exact) mass is 472 g/mol. The number of ether oxygens (including phenoxy) is 2. The number of aromatic nitrogens is 1. The Morgan fingerprint density at radius 2 is 1.88 bits per heavy atom. The SMILES string of the molecule is CCOc1ccc2nc(N(CC3CCCO3)C(=O)c3ccc(Cc4ccccc4)cc3)sc2c1. The first kappa shape index (κ1) is 22.6. The van der Waals surface area contributed by atoms with E-state index in [1.165, 1.54) is 22.5 Å². The first-order valence-electron chi connectivity index (χ1n) is 11.8. The molecule has 6 heteroatoms. The van der Waals surface area contributed by atoms with E-state index in [0.717, 1.165) is 41.8 Å². The number of carbonyl (C=O) groups excluding carboxylic acids is 1. The van der Waals surface area contributed by atoms with E-state index < -0.39 is 0 Å². The lowest BCUT2D eigenvalue weighted by Crippen LogP contribution is -2.37. The lowest BCUT2D eigenvalue weighted by molar-refractivity contribution is 0.0917. The first-order chi connectivity index (χ1) is 16.7. The molecule has 1 unspecified atom stereocenters.